The van der Waals surface area contributed by atoms with Crippen LogP contribution in [0.25, 0.3) is 39.5 Å². The van der Waals surface area contributed by atoms with Gasteiger partial charge in [-0.2, -0.15) is 0 Å². The average molecular weight is 702 g/mol. The lowest BCUT2D eigenvalue weighted by Gasteiger charge is -2.41. The molecular formula is C36H35BrF2N6O2. The first kappa shape index (κ1) is 31.4. The number of carbonyl (C=O) groups excluding carboxylic acids is 2. The zero-order valence-electron chi connectivity index (χ0n) is 26.5. The topological polar surface area (TPSA) is 94.7 Å². The van der Waals surface area contributed by atoms with Crippen molar-refractivity contribution >= 4 is 55.6 Å². The highest BCUT2D eigenvalue weighted by atomic mass is 79.9. The zero-order chi connectivity index (χ0) is 33.1. The van der Waals surface area contributed by atoms with Gasteiger partial charge < -0.3 is 14.5 Å². The fraction of sp³-hybridized carbons (Fsp3) is 0.361. The Morgan fingerprint density at radius 3 is 2.36 bits per heavy atom. The van der Waals surface area contributed by atoms with Gasteiger partial charge in [0.25, 0.3) is 5.91 Å². The van der Waals surface area contributed by atoms with Crippen molar-refractivity contribution in [3.05, 3.63) is 81.9 Å². The SMILES string of the molecule is CC(=O)/C=C/c1ccc2nc(C3(NC(=O)c4ccc5c(C6CCC(F)(F)CC6)c(-c6ncc(Br)cn6)n(C)c5c4)CCC3)n(C)c2c1. The van der Waals surface area contributed by atoms with Crippen molar-refractivity contribution in [2.24, 2.45) is 14.1 Å². The second-order valence-electron chi connectivity index (χ2n) is 13.0. The number of nitrogens with one attached hydrogen (secondary N) is 1. The summed E-state index contributed by atoms with van der Waals surface area (Å²) in [5.41, 5.74) is 5.11. The molecule has 0 aliphatic heterocycles. The molecule has 0 radical (unpaired) electrons. The van der Waals surface area contributed by atoms with Crippen molar-refractivity contribution in [3.8, 4) is 11.5 Å². The van der Waals surface area contributed by atoms with Crippen molar-refractivity contribution in [2.75, 3.05) is 0 Å². The van der Waals surface area contributed by atoms with Crippen molar-refractivity contribution in [1.29, 1.82) is 0 Å². The summed E-state index contributed by atoms with van der Waals surface area (Å²) in [6.07, 6.45) is 9.61. The van der Waals surface area contributed by atoms with Crippen LogP contribution >= 0.6 is 15.9 Å². The van der Waals surface area contributed by atoms with Gasteiger partial charge in [-0.05, 0) is 102 Å². The Kier molecular flexibility index (Phi) is 7.85. The number of fused-ring (bicyclic) bond motifs is 2. The molecule has 0 atom stereocenters. The summed E-state index contributed by atoms with van der Waals surface area (Å²) in [5, 5.41) is 4.25. The predicted molar refractivity (Wildman–Crippen MR) is 181 cm³/mol. The van der Waals surface area contributed by atoms with Crippen molar-refractivity contribution in [3.63, 3.8) is 0 Å². The normalized spacial score (nSPS) is 17.7. The van der Waals surface area contributed by atoms with Gasteiger partial charge in [-0.3, -0.25) is 9.59 Å². The lowest BCUT2D eigenvalue weighted by molar-refractivity contribution is -0.112. The fourth-order valence-corrected chi connectivity index (χ4v) is 7.44. The second kappa shape index (κ2) is 11.8. The largest absolute Gasteiger partial charge is 0.341 e. The lowest BCUT2D eigenvalue weighted by atomic mass is 9.75. The van der Waals surface area contributed by atoms with Crippen LogP contribution in [0.5, 0.6) is 0 Å². The number of allylic oxidation sites excluding steroid dienone is 1. The van der Waals surface area contributed by atoms with Crippen LogP contribution in [0, 0.1) is 0 Å². The number of nitrogens with zero attached hydrogens (tertiary/aromatic N) is 5. The molecule has 7 rings (SSSR count). The Bertz CT molecular complexity index is 2070. The van der Waals surface area contributed by atoms with Crippen LogP contribution in [0.4, 0.5) is 8.78 Å². The van der Waals surface area contributed by atoms with E-state index in [-0.39, 0.29) is 30.4 Å². The number of amides is 1. The first-order valence-corrected chi connectivity index (χ1v) is 16.7. The van der Waals surface area contributed by atoms with Crippen molar-refractivity contribution in [2.45, 2.75) is 69.2 Å². The molecule has 2 saturated carbocycles. The molecule has 2 aromatic carbocycles. The minimum atomic E-state index is -2.65. The number of aryl methyl sites for hydroxylation is 2. The number of hydrogen-bond donors (Lipinski definition) is 1. The van der Waals surface area contributed by atoms with Gasteiger partial charge in [-0.15, -0.1) is 0 Å². The Morgan fingerprint density at radius 1 is 0.979 bits per heavy atom. The van der Waals surface area contributed by atoms with E-state index in [1.165, 1.54) is 6.92 Å². The third kappa shape index (κ3) is 5.68. The third-order valence-corrected chi connectivity index (χ3v) is 10.3. The lowest BCUT2D eigenvalue weighted by Crippen LogP contribution is -2.52. The minimum absolute atomic E-state index is 0.0202. The molecule has 0 bridgehead atoms. The molecule has 2 fully saturated rings. The van der Waals surface area contributed by atoms with Crippen molar-refractivity contribution in [1.82, 2.24) is 29.4 Å². The van der Waals surface area contributed by atoms with E-state index in [1.807, 2.05) is 59.6 Å². The van der Waals surface area contributed by atoms with Crippen molar-refractivity contribution < 1.29 is 18.4 Å². The Labute approximate surface area is 279 Å². The maximum absolute atomic E-state index is 14.2. The monoisotopic (exact) mass is 700 g/mol. The maximum Gasteiger partial charge on any atom is 0.252 e. The number of benzene rings is 2. The van der Waals surface area contributed by atoms with E-state index >= 15 is 0 Å². The minimum Gasteiger partial charge on any atom is -0.341 e. The molecule has 1 amide bonds. The average Bonchev–Trinajstić information content (AvgIpc) is 3.51. The van der Waals surface area contributed by atoms with E-state index in [0.717, 1.165) is 68.3 Å². The molecule has 0 saturated heterocycles. The number of halogens is 3. The highest BCUT2D eigenvalue weighted by Gasteiger charge is 2.44. The summed E-state index contributed by atoms with van der Waals surface area (Å²) >= 11 is 3.40. The van der Waals surface area contributed by atoms with Crippen LogP contribution in [0.15, 0.2) is 59.3 Å². The first-order chi connectivity index (χ1) is 22.4. The van der Waals surface area contributed by atoms with E-state index in [4.69, 9.17) is 4.98 Å². The van der Waals surface area contributed by atoms with Crippen LogP contribution in [-0.2, 0) is 24.4 Å². The smallest absolute Gasteiger partial charge is 0.252 e. The molecule has 11 heteroatoms. The molecule has 1 N–H and O–H groups in total. The highest BCUT2D eigenvalue weighted by molar-refractivity contribution is 9.10. The number of imidazole rings is 1. The predicted octanol–water partition coefficient (Wildman–Crippen LogP) is 7.99. The molecule has 0 spiro atoms. The van der Waals surface area contributed by atoms with E-state index in [0.29, 0.717) is 24.2 Å². The Hall–Kier alpha value is -4.25. The number of aromatic nitrogens is 5. The Balaban J connectivity index is 1.24. The fourth-order valence-electron chi connectivity index (χ4n) is 7.23. The molecule has 242 valence electrons. The van der Waals surface area contributed by atoms with E-state index in [2.05, 4.69) is 31.2 Å². The Morgan fingerprint density at radius 2 is 1.70 bits per heavy atom. The summed E-state index contributed by atoms with van der Waals surface area (Å²) in [6.45, 7) is 1.52. The molecule has 3 heterocycles. The molecule has 2 aliphatic carbocycles. The third-order valence-electron chi connectivity index (χ3n) is 9.86. The zero-order valence-corrected chi connectivity index (χ0v) is 28.1. The maximum atomic E-state index is 14.2. The second-order valence-corrected chi connectivity index (χ2v) is 13.9. The number of ketones is 1. The summed E-state index contributed by atoms with van der Waals surface area (Å²) in [4.78, 5) is 39.5. The van der Waals surface area contributed by atoms with Gasteiger partial charge in [0.05, 0.1) is 26.7 Å². The molecule has 47 heavy (non-hydrogen) atoms. The van der Waals surface area contributed by atoms with Crippen LogP contribution in [0.3, 0.4) is 0 Å². The molecule has 0 unspecified atom stereocenters. The summed E-state index contributed by atoms with van der Waals surface area (Å²) < 4.78 is 33.1. The number of carbonyl (C=O) groups is 2. The van der Waals surface area contributed by atoms with Gasteiger partial charge in [0, 0.05) is 55.8 Å². The summed E-state index contributed by atoms with van der Waals surface area (Å²) in [7, 11) is 3.87. The van der Waals surface area contributed by atoms with E-state index in [1.54, 1.807) is 24.5 Å². The van der Waals surface area contributed by atoms with Gasteiger partial charge in [0.15, 0.2) is 11.6 Å². The molecule has 8 nitrogen and oxygen atoms in total. The van der Waals surface area contributed by atoms with E-state index in [9.17, 15) is 18.4 Å². The first-order valence-electron chi connectivity index (χ1n) is 15.9. The summed E-state index contributed by atoms with van der Waals surface area (Å²) in [6, 6.07) is 11.5. The van der Waals surface area contributed by atoms with Gasteiger partial charge >= 0.3 is 0 Å². The van der Waals surface area contributed by atoms with Gasteiger partial charge in [-0.1, -0.05) is 18.2 Å². The quantitative estimate of drug-likeness (QED) is 0.174. The van der Waals surface area contributed by atoms with Crippen LogP contribution < -0.4 is 5.32 Å². The van der Waals surface area contributed by atoms with Gasteiger partial charge in [-0.25, -0.2) is 23.7 Å². The van der Waals surface area contributed by atoms with Crippen LogP contribution in [0.1, 0.15) is 85.1 Å². The summed E-state index contributed by atoms with van der Waals surface area (Å²) in [5.74, 6) is -1.63. The number of hydrogen-bond acceptors (Lipinski definition) is 5. The van der Waals surface area contributed by atoms with E-state index < -0.39 is 11.5 Å². The molecular weight excluding hydrogens is 666 g/mol. The van der Waals surface area contributed by atoms with Crippen LogP contribution in [-0.4, -0.2) is 41.7 Å². The molecule has 5 aromatic rings. The van der Waals surface area contributed by atoms with Gasteiger partial charge in [0.2, 0.25) is 5.92 Å². The molecule has 2 aliphatic rings. The van der Waals surface area contributed by atoms with Gasteiger partial charge in [0.1, 0.15) is 5.82 Å². The van der Waals surface area contributed by atoms with Crippen LogP contribution in [0.2, 0.25) is 0 Å². The number of rotatable bonds is 7. The molecule has 3 aromatic heterocycles. The highest BCUT2D eigenvalue weighted by Crippen LogP contribution is 2.47. The number of alkyl halides is 2. The standard InChI is InChI=1S/C36H35BrF2N6O2/c1-21(46)5-6-22-7-10-27-29(17-22)45(3)34(42-27)35(13-4-14-35)43-33(47)24-8-9-26-28(18-24)44(2)31(32-40-19-25(37)20-41-32)30(26)23-11-15-36(38,39)16-12-23/h5-10,17-20,23H,4,11-16H2,1-3H3,(H,43,47)/b6-5+.